The lowest BCUT2D eigenvalue weighted by atomic mass is 10.2. The predicted molar refractivity (Wildman–Crippen MR) is 73.3 cm³/mol. The van der Waals surface area contributed by atoms with Crippen molar-refractivity contribution in [3.63, 3.8) is 0 Å². The average molecular weight is 272 g/mol. The molecule has 2 heterocycles. The van der Waals surface area contributed by atoms with E-state index in [0.29, 0.717) is 41.4 Å². The number of hydrogen-bond acceptors (Lipinski definition) is 7. The Kier molecular flexibility index (Phi) is 3.04. The lowest BCUT2D eigenvalue weighted by molar-refractivity contribution is 0.379. The van der Waals surface area contributed by atoms with Crippen LogP contribution in [-0.4, -0.2) is 26.7 Å². The molecule has 0 radical (unpaired) electrons. The van der Waals surface area contributed by atoms with E-state index in [1.54, 1.807) is 18.2 Å². The molecule has 3 rings (SSSR count). The van der Waals surface area contributed by atoms with Gasteiger partial charge in [-0.3, -0.25) is 9.78 Å². The van der Waals surface area contributed by atoms with Crippen molar-refractivity contribution in [3.8, 4) is 0 Å². The van der Waals surface area contributed by atoms with Gasteiger partial charge in [0, 0.05) is 18.7 Å². The first-order chi connectivity index (χ1) is 9.72. The molecule has 0 saturated carbocycles. The molecule has 2 aromatic heterocycles. The fourth-order valence-corrected chi connectivity index (χ4v) is 1.83. The number of rotatable bonds is 4. The molecule has 0 amide bonds. The topological polar surface area (TPSA) is 123 Å². The first-order valence-corrected chi connectivity index (χ1v) is 6.01. The zero-order valence-electron chi connectivity index (χ0n) is 10.5. The molecule has 20 heavy (non-hydrogen) atoms. The Balaban J connectivity index is 1.78. The van der Waals surface area contributed by atoms with Crippen LogP contribution >= 0.6 is 0 Å². The van der Waals surface area contributed by atoms with E-state index in [4.69, 9.17) is 10.3 Å². The minimum absolute atomic E-state index is 0.234. The van der Waals surface area contributed by atoms with Crippen LogP contribution in [0, 0.1) is 0 Å². The number of benzene rings is 1. The summed E-state index contributed by atoms with van der Waals surface area (Å²) in [7, 11) is 0. The summed E-state index contributed by atoms with van der Waals surface area (Å²) in [5.41, 5.74) is 6.53. The maximum atomic E-state index is 11.9. The minimum atomic E-state index is -0.234. The molecule has 0 atom stereocenters. The first-order valence-electron chi connectivity index (χ1n) is 6.01. The highest BCUT2D eigenvalue weighted by atomic mass is 16.5. The molecule has 8 heteroatoms. The predicted octanol–water partition coefficient (Wildman–Crippen LogP) is 0.543. The van der Waals surface area contributed by atoms with Crippen molar-refractivity contribution in [2.75, 3.05) is 17.6 Å². The van der Waals surface area contributed by atoms with Crippen LogP contribution in [0.1, 0.15) is 5.89 Å². The lowest BCUT2D eigenvalue weighted by Gasteiger charge is -2.05. The van der Waals surface area contributed by atoms with E-state index in [1.165, 1.54) is 6.33 Å². The fraction of sp³-hybridized carbons (Fsp3) is 0.167. The molecule has 0 unspecified atom stereocenters. The highest BCUT2D eigenvalue weighted by molar-refractivity contribution is 5.81. The molecule has 0 aliphatic rings. The molecular weight excluding hydrogens is 260 g/mol. The van der Waals surface area contributed by atoms with Gasteiger partial charge in [-0.2, -0.15) is 4.98 Å². The highest BCUT2D eigenvalue weighted by Gasteiger charge is 2.05. The third kappa shape index (κ3) is 2.44. The number of nitrogen functional groups attached to an aromatic ring is 1. The van der Waals surface area contributed by atoms with Crippen LogP contribution < -0.4 is 16.6 Å². The van der Waals surface area contributed by atoms with Crippen LogP contribution in [0.25, 0.3) is 10.9 Å². The summed E-state index contributed by atoms with van der Waals surface area (Å²) in [6, 6.07) is 5.02. The van der Waals surface area contributed by atoms with Gasteiger partial charge in [0.15, 0.2) is 6.33 Å². The maximum absolute atomic E-state index is 11.9. The maximum Gasteiger partial charge on any atom is 0.260 e. The van der Waals surface area contributed by atoms with Gasteiger partial charge < -0.3 is 15.6 Å². The molecule has 102 valence electrons. The summed E-state index contributed by atoms with van der Waals surface area (Å²) < 4.78 is 4.87. The number of nitrogens with zero attached hydrogens (tertiary/aromatic N) is 3. The number of fused-ring (bicyclic) bond motifs is 1. The van der Waals surface area contributed by atoms with Crippen LogP contribution in [0.4, 0.5) is 11.6 Å². The summed E-state index contributed by atoms with van der Waals surface area (Å²) in [6.07, 6.45) is 1.89. The van der Waals surface area contributed by atoms with E-state index in [-0.39, 0.29) is 5.56 Å². The largest absolute Gasteiger partial charge is 0.399 e. The third-order valence-corrected chi connectivity index (χ3v) is 2.77. The molecule has 0 spiro atoms. The van der Waals surface area contributed by atoms with Crippen molar-refractivity contribution < 1.29 is 4.52 Å². The van der Waals surface area contributed by atoms with Crippen molar-refractivity contribution in [1.29, 1.82) is 0 Å². The van der Waals surface area contributed by atoms with Gasteiger partial charge in [0.25, 0.3) is 5.56 Å². The smallest absolute Gasteiger partial charge is 0.260 e. The summed E-state index contributed by atoms with van der Waals surface area (Å²) in [6.45, 7) is 0.519. The van der Waals surface area contributed by atoms with E-state index in [2.05, 4.69) is 25.4 Å². The van der Waals surface area contributed by atoms with Crippen LogP contribution in [-0.2, 0) is 6.42 Å². The van der Waals surface area contributed by atoms with E-state index in [1.807, 2.05) is 0 Å². The van der Waals surface area contributed by atoms with Gasteiger partial charge >= 0.3 is 0 Å². The van der Waals surface area contributed by atoms with Gasteiger partial charge in [-0.15, -0.1) is 0 Å². The van der Waals surface area contributed by atoms with Crippen molar-refractivity contribution in [2.24, 2.45) is 0 Å². The van der Waals surface area contributed by atoms with Crippen LogP contribution in [0.3, 0.4) is 0 Å². The van der Waals surface area contributed by atoms with Gasteiger partial charge in [-0.05, 0) is 18.2 Å². The standard InChI is InChI=1S/C12H12N6O2/c13-7-1-2-9-8(5-7)11(19)18-12(17-9)14-4-3-10-15-6-16-20-10/h1-2,5-6H,3-4,13H2,(H2,14,17,18,19). The summed E-state index contributed by atoms with van der Waals surface area (Å²) in [5, 5.41) is 6.98. The second kappa shape index (κ2) is 5.00. The van der Waals surface area contributed by atoms with Crippen molar-refractivity contribution in [3.05, 3.63) is 40.8 Å². The highest BCUT2D eigenvalue weighted by Crippen LogP contribution is 2.12. The van der Waals surface area contributed by atoms with E-state index >= 15 is 0 Å². The van der Waals surface area contributed by atoms with Crippen molar-refractivity contribution in [2.45, 2.75) is 6.42 Å². The normalized spacial score (nSPS) is 10.8. The molecule has 8 nitrogen and oxygen atoms in total. The molecule has 0 bridgehead atoms. The van der Waals surface area contributed by atoms with Crippen LogP contribution in [0.15, 0.2) is 33.8 Å². The zero-order valence-corrected chi connectivity index (χ0v) is 10.5. The van der Waals surface area contributed by atoms with Gasteiger partial charge in [0.2, 0.25) is 11.8 Å². The van der Waals surface area contributed by atoms with E-state index in [9.17, 15) is 4.79 Å². The summed E-state index contributed by atoms with van der Waals surface area (Å²) in [4.78, 5) is 22.8. The number of aromatic amines is 1. The van der Waals surface area contributed by atoms with Crippen LogP contribution in [0.5, 0.6) is 0 Å². The monoisotopic (exact) mass is 272 g/mol. The molecule has 3 aromatic rings. The Hall–Kier alpha value is -2.90. The van der Waals surface area contributed by atoms with Gasteiger partial charge in [0.05, 0.1) is 10.9 Å². The summed E-state index contributed by atoms with van der Waals surface area (Å²) in [5.74, 6) is 0.917. The van der Waals surface area contributed by atoms with E-state index < -0.39 is 0 Å². The molecule has 1 aromatic carbocycles. The second-order valence-corrected chi connectivity index (χ2v) is 4.20. The number of aromatic nitrogens is 4. The quantitative estimate of drug-likeness (QED) is 0.592. The number of hydrogen-bond donors (Lipinski definition) is 3. The van der Waals surface area contributed by atoms with Crippen LogP contribution in [0.2, 0.25) is 0 Å². The molecule has 0 saturated heterocycles. The van der Waals surface area contributed by atoms with Gasteiger partial charge in [-0.25, -0.2) is 4.98 Å². The minimum Gasteiger partial charge on any atom is -0.399 e. The average Bonchev–Trinajstić information content (AvgIpc) is 2.93. The molecule has 0 fully saturated rings. The molecular formula is C12H12N6O2. The number of anilines is 2. The van der Waals surface area contributed by atoms with Crippen molar-refractivity contribution in [1.82, 2.24) is 20.1 Å². The number of H-pyrrole nitrogens is 1. The first kappa shape index (κ1) is 12.2. The fourth-order valence-electron chi connectivity index (χ4n) is 1.83. The van der Waals surface area contributed by atoms with Crippen molar-refractivity contribution >= 4 is 22.5 Å². The SMILES string of the molecule is Nc1ccc2nc(NCCc3ncno3)[nH]c(=O)c2c1. The number of nitrogens with two attached hydrogens (primary N) is 1. The molecule has 0 aliphatic heterocycles. The number of nitrogens with one attached hydrogen (secondary N) is 2. The third-order valence-electron chi connectivity index (χ3n) is 2.77. The molecule has 0 aliphatic carbocycles. The second-order valence-electron chi connectivity index (χ2n) is 4.20. The lowest BCUT2D eigenvalue weighted by Crippen LogP contribution is -2.15. The summed E-state index contributed by atoms with van der Waals surface area (Å²) >= 11 is 0. The van der Waals surface area contributed by atoms with Gasteiger partial charge in [-0.1, -0.05) is 5.16 Å². The molecule has 4 N–H and O–H groups in total. The Morgan fingerprint density at radius 1 is 1.40 bits per heavy atom. The Bertz CT molecular complexity index is 780. The van der Waals surface area contributed by atoms with Gasteiger partial charge in [0.1, 0.15) is 0 Å². The Morgan fingerprint density at radius 3 is 3.10 bits per heavy atom. The van der Waals surface area contributed by atoms with E-state index in [0.717, 1.165) is 0 Å². The zero-order chi connectivity index (χ0) is 13.9. The Morgan fingerprint density at radius 2 is 2.30 bits per heavy atom. The Labute approximate surface area is 113 Å².